The first kappa shape index (κ1) is 11.4. The van der Waals surface area contributed by atoms with Crippen LogP contribution in [0.1, 0.15) is 18.2 Å². The molecule has 3 heterocycles. The first-order valence-electron chi connectivity index (χ1n) is 6.01. The maximum absolute atomic E-state index is 5.48. The summed E-state index contributed by atoms with van der Waals surface area (Å²) in [7, 11) is 1.94. The quantitative estimate of drug-likeness (QED) is 0.886. The lowest BCUT2D eigenvalue weighted by Gasteiger charge is -2.28. The van der Waals surface area contributed by atoms with Gasteiger partial charge in [0, 0.05) is 12.6 Å². The Labute approximate surface area is 104 Å². The second-order valence-electron chi connectivity index (χ2n) is 4.30. The average molecular weight is 249 g/mol. The maximum Gasteiger partial charge on any atom is 0.238 e. The highest BCUT2D eigenvalue weighted by Gasteiger charge is 2.31. The van der Waals surface area contributed by atoms with Crippen LogP contribution >= 0.6 is 0 Å². The number of furan rings is 1. The van der Waals surface area contributed by atoms with Gasteiger partial charge < -0.3 is 19.0 Å². The van der Waals surface area contributed by atoms with Gasteiger partial charge in [0.2, 0.25) is 11.7 Å². The molecule has 6 heteroatoms. The normalized spacial score (nSPS) is 24.3. The van der Waals surface area contributed by atoms with Crippen molar-refractivity contribution < 1.29 is 13.7 Å². The summed E-state index contributed by atoms with van der Waals surface area (Å²) in [4.78, 5) is 4.38. The van der Waals surface area contributed by atoms with E-state index in [1.165, 1.54) is 0 Å². The van der Waals surface area contributed by atoms with Crippen LogP contribution in [0.25, 0.3) is 11.6 Å². The fraction of sp³-hybridized carbons (Fsp3) is 0.500. The molecular formula is C12H15N3O3. The van der Waals surface area contributed by atoms with Crippen LogP contribution in [0, 0.1) is 0 Å². The molecule has 1 saturated heterocycles. The fourth-order valence-electron chi connectivity index (χ4n) is 2.22. The number of nitrogens with zero attached hydrogens (tertiary/aromatic N) is 2. The molecule has 0 spiro atoms. The predicted molar refractivity (Wildman–Crippen MR) is 63.0 cm³/mol. The summed E-state index contributed by atoms with van der Waals surface area (Å²) < 4.78 is 16.0. The lowest BCUT2D eigenvalue weighted by molar-refractivity contribution is 0.0516. The number of aromatic nitrogens is 2. The Morgan fingerprint density at radius 3 is 3.17 bits per heavy atom. The molecule has 0 bridgehead atoms. The Bertz CT molecular complexity index is 494. The van der Waals surface area contributed by atoms with Crippen molar-refractivity contribution in [1.82, 2.24) is 15.5 Å². The van der Waals surface area contributed by atoms with Crippen LogP contribution in [-0.2, 0) is 4.74 Å². The summed E-state index contributed by atoms with van der Waals surface area (Å²) in [6.45, 7) is 1.37. The van der Waals surface area contributed by atoms with Crippen molar-refractivity contribution in [3.63, 3.8) is 0 Å². The van der Waals surface area contributed by atoms with Gasteiger partial charge in [-0.05, 0) is 25.6 Å². The Balaban J connectivity index is 1.84. The van der Waals surface area contributed by atoms with E-state index < -0.39 is 0 Å². The van der Waals surface area contributed by atoms with Crippen LogP contribution in [0.5, 0.6) is 0 Å². The zero-order valence-electron chi connectivity index (χ0n) is 10.1. The minimum Gasteiger partial charge on any atom is -0.461 e. The monoisotopic (exact) mass is 249 g/mol. The number of hydrogen-bond acceptors (Lipinski definition) is 6. The summed E-state index contributed by atoms with van der Waals surface area (Å²) in [5, 5.41) is 7.20. The van der Waals surface area contributed by atoms with Crippen molar-refractivity contribution in [3.8, 4) is 11.6 Å². The third-order valence-corrected chi connectivity index (χ3v) is 3.23. The third kappa shape index (κ3) is 2.04. The molecule has 0 aliphatic carbocycles. The molecule has 0 amide bonds. The fourth-order valence-corrected chi connectivity index (χ4v) is 2.22. The number of likely N-dealkylation sites (N-methyl/N-ethyl adjacent to an activating group) is 1. The Kier molecular flexibility index (Phi) is 3.12. The van der Waals surface area contributed by atoms with Gasteiger partial charge in [0.05, 0.1) is 18.8 Å². The molecule has 2 unspecified atom stereocenters. The number of rotatable bonds is 3. The van der Waals surface area contributed by atoms with Gasteiger partial charge >= 0.3 is 0 Å². The number of ether oxygens (including phenoxy) is 1. The van der Waals surface area contributed by atoms with Gasteiger partial charge in [-0.2, -0.15) is 4.98 Å². The molecule has 1 N–H and O–H groups in total. The van der Waals surface area contributed by atoms with E-state index in [0.717, 1.165) is 13.0 Å². The van der Waals surface area contributed by atoms with E-state index in [1.54, 1.807) is 12.3 Å². The summed E-state index contributed by atoms with van der Waals surface area (Å²) >= 11 is 0. The lowest BCUT2D eigenvalue weighted by Crippen LogP contribution is -2.39. The van der Waals surface area contributed by atoms with Crippen molar-refractivity contribution in [2.75, 3.05) is 20.3 Å². The zero-order chi connectivity index (χ0) is 12.4. The van der Waals surface area contributed by atoms with Crippen LogP contribution in [0.2, 0.25) is 0 Å². The van der Waals surface area contributed by atoms with Crippen LogP contribution in [0.15, 0.2) is 27.3 Å². The second kappa shape index (κ2) is 4.91. The van der Waals surface area contributed by atoms with Crippen LogP contribution < -0.4 is 5.32 Å². The SMILES string of the molecule is CNC1CCOCC1c1nc(-c2ccco2)no1. The van der Waals surface area contributed by atoms with Gasteiger partial charge in [-0.25, -0.2) is 0 Å². The van der Waals surface area contributed by atoms with E-state index in [0.29, 0.717) is 30.1 Å². The standard InChI is InChI=1S/C12H15N3O3/c1-13-9-4-6-16-7-8(9)12-14-11(15-18-12)10-3-2-5-17-10/h2-3,5,8-9,13H,4,6-7H2,1H3. The molecular weight excluding hydrogens is 234 g/mol. The van der Waals surface area contributed by atoms with Crippen LogP contribution in [-0.4, -0.2) is 36.4 Å². The Morgan fingerprint density at radius 2 is 2.39 bits per heavy atom. The van der Waals surface area contributed by atoms with Crippen molar-refractivity contribution in [2.24, 2.45) is 0 Å². The molecule has 2 aromatic heterocycles. The molecule has 0 radical (unpaired) electrons. The molecule has 1 aliphatic heterocycles. The van der Waals surface area contributed by atoms with Gasteiger partial charge in [0.25, 0.3) is 0 Å². The third-order valence-electron chi connectivity index (χ3n) is 3.23. The van der Waals surface area contributed by atoms with Crippen molar-refractivity contribution in [3.05, 3.63) is 24.3 Å². The predicted octanol–water partition coefficient (Wildman–Crippen LogP) is 1.42. The van der Waals surface area contributed by atoms with Gasteiger partial charge in [-0.15, -0.1) is 0 Å². The molecule has 96 valence electrons. The highest BCUT2D eigenvalue weighted by molar-refractivity contribution is 5.44. The minimum absolute atomic E-state index is 0.0972. The zero-order valence-corrected chi connectivity index (χ0v) is 10.1. The van der Waals surface area contributed by atoms with Crippen LogP contribution in [0.3, 0.4) is 0 Å². The minimum atomic E-state index is 0.0972. The molecule has 2 atom stereocenters. The average Bonchev–Trinajstić information content (AvgIpc) is 3.09. The van der Waals surface area contributed by atoms with E-state index >= 15 is 0 Å². The highest BCUT2D eigenvalue weighted by atomic mass is 16.5. The van der Waals surface area contributed by atoms with Gasteiger partial charge in [0.1, 0.15) is 0 Å². The summed E-state index contributed by atoms with van der Waals surface area (Å²) in [6.07, 6.45) is 2.53. The summed E-state index contributed by atoms with van der Waals surface area (Å²) in [5.41, 5.74) is 0. The van der Waals surface area contributed by atoms with Crippen molar-refractivity contribution in [2.45, 2.75) is 18.4 Å². The molecule has 18 heavy (non-hydrogen) atoms. The van der Waals surface area contributed by atoms with Crippen molar-refractivity contribution >= 4 is 0 Å². The smallest absolute Gasteiger partial charge is 0.238 e. The largest absolute Gasteiger partial charge is 0.461 e. The molecule has 0 aromatic carbocycles. The van der Waals surface area contributed by atoms with E-state index in [9.17, 15) is 0 Å². The maximum atomic E-state index is 5.48. The molecule has 3 rings (SSSR count). The Morgan fingerprint density at radius 1 is 1.44 bits per heavy atom. The van der Waals surface area contributed by atoms with Gasteiger partial charge in [-0.1, -0.05) is 5.16 Å². The van der Waals surface area contributed by atoms with Crippen LogP contribution in [0.4, 0.5) is 0 Å². The lowest BCUT2D eigenvalue weighted by atomic mass is 9.96. The van der Waals surface area contributed by atoms with E-state index in [-0.39, 0.29) is 5.92 Å². The first-order valence-corrected chi connectivity index (χ1v) is 6.01. The van der Waals surface area contributed by atoms with E-state index in [4.69, 9.17) is 13.7 Å². The molecule has 2 aromatic rings. The molecule has 1 aliphatic rings. The summed E-state index contributed by atoms with van der Waals surface area (Å²) in [6, 6.07) is 3.91. The first-order chi connectivity index (χ1) is 8.88. The highest BCUT2D eigenvalue weighted by Crippen LogP contribution is 2.26. The Hall–Kier alpha value is -1.66. The van der Waals surface area contributed by atoms with Gasteiger partial charge in [0.15, 0.2) is 5.76 Å². The number of nitrogens with one attached hydrogen (secondary N) is 1. The topological polar surface area (TPSA) is 73.3 Å². The molecule has 1 fully saturated rings. The summed E-state index contributed by atoms with van der Waals surface area (Å²) in [5.74, 6) is 1.79. The molecule has 0 saturated carbocycles. The van der Waals surface area contributed by atoms with E-state index in [2.05, 4.69) is 15.5 Å². The van der Waals surface area contributed by atoms with E-state index in [1.807, 2.05) is 13.1 Å². The van der Waals surface area contributed by atoms with Gasteiger partial charge in [-0.3, -0.25) is 0 Å². The number of hydrogen-bond donors (Lipinski definition) is 1. The second-order valence-corrected chi connectivity index (χ2v) is 4.30. The molecule has 6 nitrogen and oxygen atoms in total. The van der Waals surface area contributed by atoms with Crippen molar-refractivity contribution in [1.29, 1.82) is 0 Å².